The third kappa shape index (κ3) is 3.45. The van der Waals surface area contributed by atoms with Gasteiger partial charge in [-0.2, -0.15) is 0 Å². The number of methoxy groups -OCH3 is 2. The molecule has 1 N–H and O–H groups in total. The summed E-state index contributed by atoms with van der Waals surface area (Å²) in [6, 6.07) is 4.41. The maximum atomic E-state index is 5.60. The van der Waals surface area contributed by atoms with Gasteiger partial charge in [-0.25, -0.2) is 0 Å². The second-order valence-corrected chi connectivity index (χ2v) is 5.97. The Morgan fingerprint density at radius 2 is 1.85 bits per heavy atom. The Hall–Kier alpha value is -1.22. The van der Waals surface area contributed by atoms with Gasteiger partial charge in [0.1, 0.15) is 0 Å². The topological polar surface area (TPSA) is 30.5 Å². The summed E-state index contributed by atoms with van der Waals surface area (Å²) in [6.45, 7) is 6.70. The summed E-state index contributed by atoms with van der Waals surface area (Å²) in [5.74, 6) is 3.02. The van der Waals surface area contributed by atoms with E-state index < -0.39 is 0 Å². The molecule has 0 saturated carbocycles. The maximum absolute atomic E-state index is 5.60. The number of rotatable bonds is 5. The van der Waals surface area contributed by atoms with Crippen molar-refractivity contribution in [2.24, 2.45) is 5.92 Å². The number of hydrogen-bond acceptors (Lipinski definition) is 3. The van der Waals surface area contributed by atoms with Gasteiger partial charge in [-0.05, 0) is 61.4 Å². The number of ether oxygens (including phenoxy) is 2. The first-order valence-electron chi connectivity index (χ1n) is 7.61. The third-order valence-corrected chi connectivity index (χ3v) is 4.21. The largest absolute Gasteiger partial charge is 0.493 e. The minimum Gasteiger partial charge on any atom is -0.493 e. The van der Waals surface area contributed by atoms with Gasteiger partial charge < -0.3 is 14.8 Å². The molecule has 112 valence electrons. The first-order valence-corrected chi connectivity index (χ1v) is 7.61. The fraction of sp³-hybridized carbons (Fsp3) is 0.647. The number of benzene rings is 1. The normalized spacial score (nSPS) is 16.4. The van der Waals surface area contributed by atoms with Gasteiger partial charge in [-0.15, -0.1) is 0 Å². The van der Waals surface area contributed by atoms with E-state index in [4.69, 9.17) is 9.47 Å². The highest BCUT2D eigenvalue weighted by Crippen LogP contribution is 2.37. The second-order valence-electron chi connectivity index (χ2n) is 5.97. The molecule has 2 rings (SSSR count). The fourth-order valence-electron chi connectivity index (χ4n) is 2.95. The van der Waals surface area contributed by atoms with Gasteiger partial charge in [0.25, 0.3) is 0 Å². The predicted molar refractivity (Wildman–Crippen MR) is 82.9 cm³/mol. The van der Waals surface area contributed by atoms with E-state index in [1.807, 2.05) is 0 Å². The molecule has 20 heavy (non-hydrogen) atoms. The lowest BCUT2D eigenvalue weighted by atomic mass is 9.88. The van der Waals surface area contributed by atoms with E-state index in [1.165, 1.54) is 24.0 Å². The van der Waals surface area contributed by atoms with Crippen molar-refractivity contribution in [1.82, 2.24) is 5.32 Å². The van der Waals surface area contributed by atoms with Gasteiger partial charge in [0.05, 0.1) is 14.2 Å². The number of piperidine rings is 1. The van der Waals surface area contributed by atoms with E-state index >= 15 is 0 Å². The van der Waals surface area contributed by atoms with Gasteiger partial charge >= 0.3 is 0 Å². The van der Waals surface area contributed by atoms with E-state index in [0.29, 0.717) is 5.92 Å². The smallest absolute Gasteiger partial charge is 0.163 e. The maximum Gasteiger partial charge on any atom is 0.163 e. The minimum absolute atomic E-state index is 0.501. The molecule has 0 radical (unpaired) electrons. The summed E-state index contributed by atoms with van der Waals surface area (Å²) in [7, 11) is 3.45. The van der Waals surface area contributed by atoms with Crippen molar-refractivity contribution in [2.75, 3.05) is 27.3 Å². The van der Waals surface area contributed by atoms with Crippen molar-refractivity contribution in [2.45, 2.75) is 39.0 Å². The Balaban J connectivity index is 2.29. The number of hydrogen-bond donors (Lipinski definition) is 1. The third-order valence-electron chi connectivity index (χ3n) is 4.21. The molecule has 3 heteroatoms. The molecule has 1 aliphatic heterocycles. The zero-order valence-corrected chi connectivity index (χ0v) is 13.2. The summed E-state index contributed by atoms with van der Waals surface area (Å²) < 4.78 is 11.1. The average molecular weight is 277 g/mol. The van der Waals surface area contributed by atoms with Gasteiger partial charge in [0.2, 0.25) is 0 Å². The van der Waals surface area contributed by atoms with Crippen LogP contribution in [0.2, 0.25) is 0 Å². The summed E-state index contributed by atoms with van der Waals surface area (Å²) in [5.41, 5.74) is 2.62. The van der Waals surface area contributed by atoms with Crippen LogP contribution < -0.4 is 14.8 Å². The van der Waals surface area contributed by atoms with Crippen LogP contribution in [0, 0.1) is 5.92 Å². The average Bonchev–Trinajstić information content (AvgIpc) is 2.47. The molecule has 1 saturated heterocycles. The van der Waals surface area contributed by atoms with Crippen LogP contribution in [-0.2, 0) is 6.42 Å². The monoisotopic (exact) mass is 277 g/mol. The van der Waals surface area contributed by atoms with Crippen LogP contribution >= 0.6 is 0 Å². The van der Waals surface area contributed by atoms with Crippen molar-refractivity contribution < 1.29 is 9.47 Å². The molecule has 0 aliphatic carbocycles. The van der Waals surface area contributed by atoms with Crippen molar-refractivity contribution in [3.63, 3.8) is 0 Å². The standard InChI is InChI=1S/C17H27NO2/c1-12(2)14-10-15(9-13-5-7-18-8-6-13)17(20-4)16(11-14)19-3/h10-13,18H,5-9H2,1-4H3. The Morgan fingerprint density at radius 1 is 1.15 bits per heavy atom. The van der Waals surface area contributed by atoms with E-state index in [0.717, 1.165) is 36.9 Å². The Labute approximate surface area is 122 Å². The van der Waals surface area contributed by atoms with Gasteiger partial charge in [-0.1, -0.05) is 19.9 Å². The van der Waals surface area contributed by atoms with E-state index in [2.05, 4.69) is 31.3 Å². The van der Waals surface area contributed by atoms with E-state index in [-0.39, 0.29) is 0 Å². The highest BCUT2D eigenvalue weighted by atomic mass is 16.5. The molecular formula is C17H27NO2. The van der Waals surface area contributed by atoms with Crippen LogP contribution in [0.4, 0.5) is 0 Å². The van der Waals surface area contributed by atoms with Crippen LogP contribution in [0.5, 0.6) is 11.5 Å². The van der Waals surface area contributed by atoms with E-state index in [9.17, 15) is 0 Å². The quantitative estimate of drug-likeness (QED) is 0.895. The van der Waals surface area contributed by atoms with Crippen LogP contribution in [0.15, 0.2) is 12.1 Å². The molecule has 1 aromatic carbocycles. The SMILES string of the molecule is COc1cc(C(C)C)cc(CC2CCNCC2)c1OC. The summed E-state index contributed by atoms with van der Waals surface area (Å²) in [6.07, 6.45) is 3.58. The Morgan fingerprint density at radius 3 is 2.40 bits per heavy atom. The molecule has 0 spiro atoms. The first-order chi connectivity index (χ1) is 9.65. The minimum atomic E-state index is 0.501. The summed E-state index contributed by atoms with van der Waals surface area (Å²) >= 11 is 0. The Bertz CT molecular complexity index is 437. The molecule has 0 bridgehead atoms. The Kier molecular flexibility index (Phi) is 5.30. The number of nitrogens with one attached hydrogen (secondary N) is 1. The lowest BCUT2D eigenvalue weighted by molar-refractivity contribution is 0.338. The molecule has 1 fully saturated rings. The molecule has 0 aromatic heterocycles. The molecule has 0 atom stereocenters. The van der Waals surface area contributed by atoms with Crippen LogP contribution in [0.1, 0.15) is 43.7 Å². The van der Waals surface area contributed by atoms with E-state index in [1.54, 1.807) is 14.2 Å². The van der Waals surface area contributed by atoms with Crippen molar-refractivity contribution in [3.05, 3.63) is 23.3 Å². The van der Waals surface area contributed by atoms with Gasteiger partial charge in [-0.3, -0.25) is 0 Å². The molecule has 1 aliphatic rings. The zero-order valence-electron chi connectivity index (χ0n) is 13.2. The van der Waals surface area contributed by atoms with Crippen LogP contribution in [-0.4, -0.2) is 27.3 Å². The lowest BCUT2D eigenvalue weighted by Gasteiger charge is -2.24. The highest BCUT2D eigenvalue weighted by molar-refractivity contribution is 5.50. The molecule has 1 aromatic rings. The fourth-order valence-corrected chi connectivity index (χ4v) is 2.95. The van der Waals surface area contributed by atoms with Crippen LogP contribution in [0.25, 0.3) is 0 Å². The molecular weight excluding hydrogens is 250 g/mol. The summed E-state index contributed by atoms with van der Waals surface area (Å²) in [5, 5.41) is 3.43. The predicted octanol–water partition coefficient (Wildman–Crippen LogP) is 3.37. The van der Waals surface area contributed by atoms with Gasteiger partial charge in [0.15, 0.2) is 11.5 Å². The van der Waals surface area contributed by atoms with Gasteiger partial charge in [0, 0.05) is 0 Å². The lowest BCUT2D eigenvalue weighted by Crippen LogP contribution is -2.28. The zero-order chi connectivity index (χ0) is 14.5. The molecule has 0 unspecified atom stereocenters. The van der Waals surface area contributed by atoms with Crippen molar-refractivity contribution in [1.29, 1.82) is 0 Å². The first kappa shape index (κ1) is 15.2. The highest BCUT2D eigenvalue weighted by Gasteiger charge is 2.19. The van der Waals surface area contributed by atoms with Crippen LogP contribution in [0.3, 0.4) is 0 Å². The molecule has 3 nitrogen and oxygen atoms in total. The molecule has 0 amide bonds. The summed E-state index contributed by atoms with van der Waals surface area (Å²) in [4.78, 5) is 0. The van der Waals surface area contributed by atoms with Crippen molar-refractivity contribution in [3.8, 4) is 11.5 Å². The second kappa shape index (κ2) is 6.98. The molecule has 1 heterocycles. The van der Waals surface area contributed by atoms with Crippen molar-refractivity contribution >= 4 is 0 Å².